The summed E-state index contributed by atoms with van der Waals surface area (Å²) in [5.74, 6) is 0.606. The molecule has 0 aromatic carbocycles. The Hall–Kier alpha value is -1.82. The van der Waals surface area contributed by atoms with Crippen molar-refractivity contribution in [1.82, 2.24) is 14.7 Å². The number of hydrogen-bond donors (Lipinski definition) is 1. The van der Waals surface area contributed by atoms with E-state index in [0.29, 0.717) is 24.4 Å². The summed E-state index contributed by atoms with van der Waals surface area (Å²) in [4.78, 5) is 14.5. The van der Waals surface area contributed by atoms with E-state index in [0.717, 1.165) is 32.4 Å². The molecule has 1 N–H and O–H groups in total. The normalized spacial score (nSPS) is 24.1. The fourth-order valence-electron chi connectivity index (χ4n) is 3.62. The lowest BCUT2D eigenvalue weighted by Gasteiger charge is -2.43. The van der Waals surface area contributed by atoms with E-state index in [9.17, 15) is 4.79 Å². The lowest BCUT2D eigenvalue weighted by Crippen LogP contribution is -2.48. The highest BCUT2D eigenvalue weighted by molar-refractivity contribution is 5.88. The number of aromatic nitrogens is 2. The Kier molecular flexibility index (Phi) is 5.00. The number of allylic oxidation sites excluding steroid dienone is 2. The molecular weight excluding hydrogens is 292 g/mol. The summed E-state index contributed by atoms with van der Waals surface area (Å²) in [6.45, 7) is 2.98. The zero-order valence-electron chi connectivity index (χ0n) is 13.8. The van der Waals surface area contributed by atoms with Crippen LogP contribution in [0, 0.1) is 5.41 Å². The molecule has 1 saturated heterocycles. The van der Waals surface area contributed by atoms with Crippen LogP contribution in [0.4, 0.5) is 10.6 Å². The molecule has 0 saturated carbocycles. The van der Waals surface area contributed by atoms with Gasteiger partial charge in [-0.3, -0.25) is 10.00 Å². The van der Waals surface area contributed by atoms with Crippen LogP contribution in [0.2, 0.25) is 0 Å². The number of nitrogens with zero attached hydrogens (tertiary/aromatic N) is 3. The molecule has 0 bridgehead atoms. The van der Waals surface area contributed by atoms with Crippen LogP contribution in [0.25, 0.3) is 0 Å². The van der Waals surface area contributed by atoms with Crippen molar-refractivity contribution in [2.24, 2.45) is 5.41 Å². The first-order valence-electron chi connectivity index (χ1n) is 8.44. The van der Waals surface area contributed by atoms with Gasteiger partial charge in [0.25, 0.3) is 0 Å². The van der Waals surface area contributed by atoms with Gasteiger partial charge in [-0.15, -0.1) is 0 Å². The Morgan fingerprint density at radius 2 is 2.35 bits per heavy atom. The van der Waals surface area contributed by atoms with Crippen LogP contribution in [0.3, 0.4) is 0 Å². The summed E-state index contributed by atoms with van der Waals surface area (Å²) < 4.78 is 6.81. The number of ether oxygens (including phenoxy) is 1. The fraction of sp³-hybridized carbons (Fsp3) is 0.647. The van der Waals surface area contributed by atoms with Gasteiger partial charge in [-0.2, -0.15) is 5.10 Å². The van der Waals surface area contributed by atoms with Gasteiger partial charge in [-0.1, -0.05) is 12.2 Å². The molecule has 6 heteroatoms. The van der Waals surface area contributed by atoms with Crippen LogP contribution in [-0.2, 0) is 11.3 Å². The lowest BCUT2D eigenvalue weighted by molar-refractivity contribution is 0.102. The van der Waals surface area contributed by atoms with Crippen LogP contribution in [0.15, 0.2) is 24.4 Å². The van der Waals surface area contributed by atoms with Crippen molar-refractivity contribution in [1.29, 1.82) is 0 Å². The standard InChI is InChI=1S/C17H26N4O2/c1-23-13-12-21-11-6-15(19-21)18-16(22)20-10-5-9-17(14-20)7-3-2-4-8-17/h2-3,6,11H,4-5,7-10,12-14H2,1H3,(H,18,19,22). The van der Waals surface area contributed by atoms with Crippen LogP contribution in [0.1, 0.15) is 32.1 Å². The number of likely N-dealkylation sites (tertiary alicyclic amines) is 1. The Labute approximate surface area is 137 Å². The van der Waals surface area contributed by atoms with E-state index in [1.165, 1.54) is 12.8 Å². The summed E-state index contributed by atoms with van der Waals surface area (Å²) in [5, 5.41) is 7.28. The minimum Gasteiger partial charge on any atom is -0.383 e. The first kappa shape index (κ1) is 16.1. The molecule has 1 aromatic heterocycles. The minimum absolute atomic E-state index is 0.0318. The molecule has 1 fully saturated rings. The van der Waals surface area contributed by atoms with E-state index >= 15 is 0 Å². The van der Waals surface area contributed by atoms with E-state index in [-0.39, 0.29) is 6.03 Å². The van der Waals surface area contributed by atoms with Gasteiger partial charge in [0.05, 0.1) is 13.2 Å². The first-order chi connectivity index (χ1) is 11.2. The van der Waals surface area contributed by atoms with Crippen molar-refractivity contribution in [2.45, 2.75) is 38.6 Å². The monoisotopic (exact) mass is 318 g/mol. The van der Waals surface area contributed by atoms with Crippen LogP contribution >= 0.6 is 0 Å². The highest BCUT2D eigenvalue weighted by Gasteiger charge is 2.36. The number of urea groups is 1. The number of anilines is 1. The largest absolute Gasteiger partial charge is 0.383 e. The average molecular weight is 318 g/mol. The predicted octanol–water partition coefficient (Wildman–Crippen LogP) is 2.88. The van der Waals surface area contributed by atoms with Crippen molar-refractivity contribution >= 4 is 11.8 Å². The highest BCUT2D eigenvalue weighted by atomic mass is 16.5. The van der Waals surface area contributed by atoms with Gasteiger partial charge >= 0.3 is 6.03 Å². The zero-order valence-corrected chi connectivity index (χ0v) is 13.8. The predicted molar refractivity (Wildman–Crippen MR) is 89.4 cm³/mol. The van der Waals surface area contributed by atoms with E-state index < -0.39 is 0 Å². The third kappa shape index (κ3) is 3.93. The molecular formula is C17H26N4O2. The Morgan fingerprint density at radius 3 is 3.13 bits per heavy atom. The van der Waals surface area contributed by atoms with E-state index in [2.05, 4.69) is 22.6 Å². The van der Waals surface area contributed by atoms with Gasteiger partial charge in [-0.05, 0) is 37.5 Å². The summed E-state index contributed by atoms with van der Waals surface area (Å²) in [5.41, 5.74) is 0.294. The smallest absolute Gasteiger partial charge is 0.323 e. The summed E-state index contributed by atoms with van der Waals surface area (Å²) in [7, 11) is 1.67. The molecule has 3 rings (SSSR count). The molecule has 2 amide bonds. The quantitative estimate of drug-likeness (QED) is 0.868. The molecule has 6 nitrogen and oxygen atoms in total. The van der Waals surface area contributed by atoms with Gasteiger partial charge in [0.1, 0.15) is 0 Å². The van der Waals surface area contributed by atoms with Crippen molar-refractivity contribution in [3.05, 3.63) is 24.4 Å². The van der Waals surface area contributed by atoms with Gasteiger partial charge < -0.3 is 9.64 Å². The molecule has 2 aliphatic rings. The number of carbonyl (C=O) groups excluding carboxylic acids is 1. The fourth-order valence-corrected chi connectivity index (χ4v) is 3.62. The molecule has 1 unspecified atom stereocenters. The Bertz CT molecular complexity index is 569. The summed E-state index contributed by atoms with van der Waals surface area (Å²) in [6, 6.07) is 1.80. The van der Waals surface area contributed by atoms with Gasteiger partial charge in [0.2, 0.25) is 0 Å². The van der Waals surface area contributed by atoms with Gasteiger partial charge in [0, 0.05) is 32.5 Å². The van der Waals surface area contributed by atoms with Crippen LogP contribution in [0.5, 0.6) is 0 Å². The summed E-state index contributed by atoms with van der Waals surface area (Å²) in [6.07, 6.45) is 12.1. The third-order valence-electron chi connectivity index (χ3n) is 4.91. The van der Waals surface area contributed by atoms with Crippen molar-refractivity contribution in [3.63, 3.8) is 0 Å². The number of methoxy groups -OCH3 is 1. The highest BCUT2D eigenvalue weighted by Crippen LogP contribution is 2.40. The number of hydrogen-bond acceptors (Lipinski definition) is 3. The molecule has 1 aromatic rings. The number of amides is 2. The van der Waals surface area contributed by atoms with E-state index in [1.54, 1.807) is 11.8 Å². The number of piperidine rings is 1. The molecule has 1 aliphatic heterocycles. The van der Waals surface area contributed by atoms with Crippen molar-refractivity contribution < 1.29 is 9.53 Å². The Balaban J connectivity index is 1.57. The maximum atomic E-state index is 12.5. The van der Waals surface area contributed by atoms with Crippen LogP contribution in [-0.4, -0.2) is 47.5 Å². The topological polar surface area (TPSA) is 59.4 Å². The van der Waals surface area contributed by atoms with E-state index in [1.807, 2.05) is 17.2 Å². The minimum atomic E-state index is -0.0318. The molecule has 1 atom stereocenters. The molecule has 2 heterocycles. The first-order valence-corrected chi connectivity index (χ1v) is 8.44. The van der Waals surface area contributed by atoms with Crippen LogP contribution < -0.4 is 5.32 Å². The van der Waals surface area contributed by atoms with E-state index in [4.69, 9.17) is 4.74 Å². The second kappa shape index (κ2) is 7.17. The summed E-state index contributed by atoms with van der Waals surface area (Å²) >= 11 is 0. The molecule has 0 radical (unpaired) electrons. The SMILES string of the molecule is COCCn1ccc(NC(=O)N2CCCC3(CC=CCC3)C2)n1. The number of nitrogens with one attached hydrogen (secondary N) is 1. The van der Waals surface area contributed by atoms with Crippen molar-refractivity contribution in [2.75, 3.05) is 32.1 Å². The van der Waals surface area contributed by atoms with Crippen molar-refractivity contribution in [3.8, 4) is 0 Å². The molecule has 1 aliphatic carbocycles. The molecule has 1 spiro atoms. The molecule has 23 heavy (non-hydrogen) atoms. The number of carbonyl (C=O) groups is 1. The second-order valence-corrected chi connectivity index (χ2v) is 6.63. The maximum Gasteiger partial charge on any atom is 0.323 e. The Morgan fingerprint density at radius 1 is 1.43 bits per heavy atom. The third-order valence-corrected chi connectivity index (χ3v) is 4.91. The average Bonchev–Trinajstić information content (AvgIpc) is 3.01. The maximum absolute atomic E-state index is 12.5. The lowest BCUT2D eigenvalue weighted by atomic mass is 9.71. The molecule has 126 valence electrons. The van der Waals surface area contributed by atoms with Gasteiger partial charge in [-0.25, -0.2) is 4.79 Å². The zero-order chi connectivity index (χ0) is 16.1. The van der Waals surface area contributed by atoms with Gasteiger partial charge in [0.15, 0.2) is 5.82 Å². The number of rotatable bonds is 4. The second-order valence-electron chi connectivity index (χ2n) is 6.63.